The molecule has 0 spiro atoms. The molecule has 0 aromatic heterocycles. The number of fused-ring (bicyclic) bond motifs is 1. The van der Waals surface area contributed by atoms with Crippen molar-refractivity contribution in [3.05, 3.63) is 64.7 Å². The molecule has 6 heteroatoms. The Balaban J connectivity index is 1.99. The first-order valence-electron chi connectivity index (χ1n) is 6.32. The van der Waals surface area contributed by atoms with Gasteiger partial charge in [0.2, 0.25) is 0 Å². The van der Waals surface area contributed by atoms with Crippen molar-refractivity contribution in [2.75, 3.05) is 0 Å². The van der Waals surface area contributed by atoms with Crippen LogP contribution in [0.15, 0.2) is 30.3 Å². The zero-order valence-electron chi connectivity index (χ0n) is 10.7. The average molecular weight is 297 g/mol. The summed E-state index contributed by atoms with van der Waals surface area (Å²) in [6, 6.07) is 4.47. The van der Waals surface area contributed by atoms with E-state index in [2.05, 4.69) is 0 Å². The standard InChI is InChI=1S/C15H11F4NO/c16-7-1-2-14-9(3-7)13(20)6-15(21-14)8-4-11(18)12(19)5-10(8)17/h1-5,13,15H,6,20H2/t13-,15?/m0/s1. The quantitative estimate of drug-likeness (QED) is 0.642. The molecule has 1 aliphatic rings. The molecular weight excluding hydrogens is 286 g/mol. The van der Waals surface area contributed by atoms with Gasteiger partial charge in [0.05, 0.1) is 0 Å². The van der Waals surface area contributed by atoms with Crippen molar-refractivity contribution < 1.29 is 22.3 Å². The van der Waals surface area contributed by atoms with Crippen LogP contribution >= 0.6 is 0 Å². The molecule has 2 aromatic rings. The third kappa shape index (κ3) is 2.47. The number of ether oxygens (including phenoxy) is 1. The predicted octanol–water partition coefficient (Wildman–Crippen LogP) is 3.77. The van der Waals surface area contributed by atoms with Crippen molar-refractivity contribution in [1.29, 1.82) is 0 Å². The lowest BCUT2D eigenvalue weighted by Crippen LogP contribution is -2.25. The summed E-state index contributed by atoms with van der Waals surface area (Å²) < 4.78 is 58.8. The third-order valence-corrected chi connectivity index (χ3v) is 3.50. The van der Waals surface area contributed by atoms with Crippen LogP contribution in [-0.4, -0.2) is 0 Å². The summed E-state index contributed by atoms with van der Waals surface area (Å²) in [5.41, 5.74) is 6.28. The van der Waals surface area contributed by atoms with Gasteiger partial charge in [-0.1, -0.05) is 0 Å². The Morgan fingerprint density at radius 2 is 1.62 bits per heavy atom. The summed E-state index contributed by atoms with van der Waals surface area (Å²) in [6.45, 7) is 0. The second-order valence-electron chi connectivity index (χ2n) is 4.92. The van der Waals surface area contributed by atoms with Crippen LogP contribution in [0.3, 0.4) is 0 Å². The van der Waals surface area contributed by atoms with Gasteiger partial charge < -0.3 is 10.5 Å². The van der Waals surface area contributed by atoms with Gasteiger partial charge in [0, 0.05) is 29.7 Å². The maximum atomic E-state index is 13.8. The highest BCUT2D eigenvalue weighted by molar-refractivity contribution is 5.39. The van der Waals surface area contributed by atoms with E-state index in [1.165, 1.54) is 18.2 Å². The van der Waals surface area contributed by atoms with Gasteiger partial charge in [0.15, 0.2) is 11.6 Å². The molecule has 0 saturated heterocycles. The third-order valence-electron chi connectivity index (χ3n) is 3.50. The van der Waals surface area contributed by atoms with E-state index in [4.69, 9.17) is 10.5 Å². The summed E-state index contributed by atoms with van der Waals surface area (Å²) in [7, 11) is 0. The first-order valence-corrected chi connectivity index (χ1v) is 6.32. The summed E-state index contributed by atoms with van der Waals surface area (Å²) in [4.78, 5) is 0. The Bertz CT molecular complexity index is 704. The van der Waals surface area contributed by atoms with Crippen molar-refractivity contribution in [3.63, 3.8) is 0 Å². The van der Waals surface area contributed by atoms with E-state index >= 15 is 0 Å². The molecule has 2 atom stereocenters. The second kappa shape index (κ2) is 5.04. The Labute approximate surface area is 118 Å². The van der Waals surface area contributed by atoms with Crippen LogP contribution in [0.25, 0.3) is 0 Å². The average Bonchev–Trinajstić information content (AvgIpc) is 2.43. The lowest BCUT2D eigenvalue weighted by Gasteiger charge is -2.30. The zero-order valence-corrected chi connectivity index (χ0v) is 10.7. The predicted molar refractivity (Wildman–Crippen MR) is 67.6 cm³/mol. The van der Waals surface area contributed by atoms with Crippen molar-refractivity contribution in [2.45, 2.75) is 18.6 Å². The summed E-state index contributed by atoms with van der Waals surface area (Å²) >= 11 is 0. The van der Waals surface area contributed by atoms with Gasteiger partial charge in [-0.05, 0) is 24.3 Å². The van der Waals surface area contributed by atoms with Crippen LogP contribution < -0.4 is 10.5 Å². The fourth-order valence-electron chi connectivity index (χ4n) is 2.45. The molecule has 1 heterocycles. The molecule has 0 aliphatic carbocycles. The van der Waals surface area contributed by atoms with Crippen molar-refractivity contribution in [2.24, 2.45) is 5.73 Å². The number of benzene rings is 2. The van der Waals surface area contributed by atoms with Crippen LogP contribution in [0.5, 0.6) is 5.75 Å². The van der Waals surface area contributed by atoms with E-state index in [9.17, 15) is 17.6 Å². The maximum absolute atomic E-state index is 13.8. The van der Waals surface area contributed by atoms with E-state index in [1.54, 1.807) is 0 Å². The lowest BCUT2D eigenvalue weighted by molar-refractivity contribution is 0.156. The molecular formula is C15H11F4NO. The van der Waals surface area contributed by atoms with Gasteiger partial charge in [-0.2, -0.15) is 0 Å². The number of hydrogen-bond acceptors (Lipinski definition) is 2. The molecule has 2 N–H and O–H groups in total. The first-order chi connectivity index (χ1) is 9.95. The molecule has 0 saturated carbocycles. The molecule has 3 rings (SSSR count). The maximum Gasteiger partial charge on any atom is 0.161 e. The Hall–Kier alpha value is -2.08. The van der Waals surface area contributed by atoms with Gasteiger partial charge in [-0.25, -0.2) is 17.6 Å². The number of nitrogens with two attached hydrogens (primary N) is 1. The molecule has 1 aliphatic heterocycles. The van der Waals surface area contributed by atoms with Crippen LogP contribution in [0.1, 0.15) is 29.7 Å². The molecule has 0 bridgehead atoms. The molecule has 0 radical (unpaired) electrons. The van der Waals surface area contributed by atoms with Gasteiger partial charge in [0.1, 0.15) is 23.5 Å². The van der Waals surface area contributed by atoms with Crippen LogP contribution in [0.2, 0.25) is 0 Å². The largest absolute Gasteiger partial charge is 0.485 e. The van der Waals surface area contributed by atoms with E-state index in [0.717, 1.165) is 6.07 Å². The van der Waals surface area contributed by atoms with E-state index in [-0.39, 0.29) is 12.0 Å². The second-order valence-corrected chi connectivity index (χ2v) is 4.92. The minimum atomic E-state index is -1.26. The van der Waals surface area contributed by atoms with Crippen molar-refractivity contribution >= 4 is 0 Å². The molecule has 0 fully saturated rings. The summed E-state index contributed by atoms with van der Waals surface area (Å²) in [6.07, 6.45) is -0.716. The minimum Gasteiger partial charge on any atom is -0.485 e. The molecule has 2 nitrogen and oxygen atoms in total. The van der Waals surface area contributed by atoms with Gasteiger partial charge in [0.25, 0.3) is 0 Å². The van der Waals surface area contributed by atoms with Crippen molar-refractivity contribution in [1.82, 2.24) is 0 Å². The van der Waals surface area contributed by atoms with Crippen LogP contribution in [0, 0.1) is 23.3 Å². The number of rotatable bonds is 1. The summed E-state index contributed by atoms with van der Waals surface area (Å²) in [5, 5.41) is 0. The first kappa shape index (κ1) is 13.9. The summed E-state index contributed by atoms with van der Waals surface area (Å²) in [5.74, 6) is -3.47. The zero-order chi connectivity index (χ0) is 15.1. The van der Waals surface area contributed by atoms with Gasteiger partial charge >= 0.3 is 0 Å². The highest BCUT2D eigenvalue weighted by atomic mass is 19.2. The molecule has 0 amide bonds. The number of halogens is 4. The fourth-order valence-corrected chi connectivity index (χ4v) is 2.45. The number of hydrogen-bond donors (Lipinski definition) is 1. The van der Waals surface area contributed by atoms with Crippen LogP contribution in [0.4, 0.5) is 17.6 Å². The normalized spacial score (nSPS) is 20.8. The SMILES string of the molecule is N[C@H]1CC(c2cc(F)c(F)cc2F)Oc2ccc(F)cc21. The topological polar surface area (TPSA) is 35.2 Å². The monoisotopic (exact) mass is 297 g/mol. The van der Waals surface area contributed by atoms with Gasteiger partial charge in [-0.15, -0.1) is 0 Å². The van der Waals surface area contributed by atoms with E-state index < -0.39 is 35.4 Å². The molecule has 21 heavy (non-hydrogen) atoms. The van der Waals surface area contributed by atoms with Crippen LogP contribution in [-0.2, 0) is 0 Å². The smallest absolute Gasteiger partial charge is 0.161 e. The van der Waals surface area contributed by atoms with E-state index in [1.807, 2.05) is 0 Å². The Morgan fingerprint density at radius 1 is 0.905 bits per heavy atom. The molecule has 1 unspecified atom stereocenters. The fraction of sp³-hybridized carbons (Fsp3) is 0.200. The molecule has 110 valence electrons. The minimum absolute atomic E-state index is 0.112. The Kier molecular flexibility index (Phi) is 3.33. The van der Waals surface area contributed by atoms with Crippen molar-refractivity contribution in [3.8, 4) is 5.75 Å². The Morgan fingerprint density at radius 3 is 2.38 bits per heavy atom. The lowest BCUT2D eigenvalue weighted by atomic mass is 9.93. The highest BCUT2D eigenvalue weighted by Gasteiger charge is 2.30. The highest BCUT2D eigenvalue weighted by Crippen LogP contribution is 2.40. The van der Waals surface area contributed by atoms with Gasteiger partial charge in [-0.3, -0.25) is 0 Å². The van der Waals surface area contributed by atoms with E-state index in [0.29, 0.717) is 17.4 Å². The molecule has 2 aromatic carbocycles.